The van der Waals surface area contributed by atoms with Crippen LogP contribution in [0.2, 0.25) is 0 Å². The first kappa shape index (κ1) is 11.0. The molecule has 1 heteroatoms. The van der Waals surface area contributed by atoms with E-state index in [2.05, 4.69) is 39.9 Å². The minimum atomic E-state index is 0.351. The van der Waals surface area contributed by atoms with E-state index in [1.54, 1.807) is 0 Å². The SMILES string of the molecule is CCC[C@](C)(NCC)C(C)C. The highest BCUT2D eigenvalue weighted by Crippen LogP contribution is 2.21. The van der Waals surface area contributed by atoms with Gasteiger partial charge >= 0.3 is 0 Å². The summed E-state index contributed by atoms with van der Waals surface area (Å²) < 4.78 is 0. The van der Waals surface area contributed by atoms with Gasteiger partial charge in [0.2, 0.25) is 0 Å². The lowest BCUT2D eigenvalue weighted by Crippen LogP contribution is -2.46. The van der Waals surface area contributed by atoms with Crippen LogP contribution in [0.3, 0.4) is 0 Å². The van der Waals surface area contributed by atoms with Crippen molar-refractivity contribution >= 4 is 0 Å². The summed E-state index contributed by atoms with van der Waals surface area (Å²) in [5.41, 5.74) is 0.351. The van der Waals surface area contributed by atoms with E-state index in [0.29, 0.717) is 5.54 Å². The molecule has 0 rings (SSSR count). The van der Waals surface area contributed by atoms with Crippen LogP contribution in [-0.2, 0) is 0 Å². The molecule has 0 aliphatic rings. The maximum Gasteiger partial charge on any atom is 0.0176 e. The summed E-state index contributed by atoms with van der Waals surface area (Å²) in [5.74, 6) is 0.724. The van der Waals surface area contributed by atoms with Crippen LogP contribution < -0.4 is 5.32 Å². The van der Waals surface area contributed by atoms with Crippen molar-refractivity contribution in [1.29, 1.82) is 0 Å². The predicted molar refractivity (Wildman–Crippen MR) is 51.8 cm³/mol. The number of hydrogen-bond acceptors (Lipinski definition) is 1. The van der Waals surface area contributed by atoms with Gasteiger partial charge in [-0.05, 0) is 25.8 Å². The Balaban J connectivity index is 4.01. The van der Waals surface area contributed by atoms with Crippen LogP contribution in [0.1, 0.15) is 47.5 Å². The molecule has 0 fully saturated rings. The highest BCUT2D eigenvalue weighted by molar-refractivity contribution is 4.84. The van der Waals surface area contributed by atoms with Crippen LogP contribution in [0.5, 0.6) is 0 Å². The molecule has 0 saturated heterocycles. The molecule has 1 atom stereocenters. The Morgan fingerprint density at radius 2 is 1.82 bits per heavy atom. The largest absolute Gasteiger partial charge is 0.312 e. The molecule has 0 saturated carbocycles. The highest BCUT2D eigenvalue weighted by Gasteiger charge is 2.25. The van der Waals surface area contributed by atoms with Gasteiger partial charge in [-0.2, -0.15) is 0 Å². The second-order valence-corrected chi connectivity index (χ2v) is 3.85. The summed E-state index contributed by atoms with van der Waals surface area (Å²) in [6.45, 7) is 12.4. The normalized spacial score (nSPS) is 16.9. The molecule has 0 aromatic carbocycles. The summed E-state index contributed by atoms with van der Waals surface area (Å²) in [6, 6.07) is 0. The van der Waals surface area contributed by atoms with Gasteiger partial charge in [-0.15, -0.1) is 0 Å². The maximum atomic E-state index is 3.56. The number of rotatable bonds is 5. The van der Waals surface area contributed by atoms with E-state index < -0.39 is 0 Å². The van der Waals surface area contributed by atoms with Gasteiger partial charge in [0, 0.05) is 5.54 Å². The van der Waals surface area contributed by atoms with Crippen molar-refractivity contribution in [3.8, 4) is 0 Å². The Bertz CT molecular complexity index is 91.0. The van der Waals surface area contributed by atoms with Crippen LogP contribution in [0.4, 0.5) is 0 Å². The second-order valence-electron chi connectivity index (χ2n) is 3.85. The fourth-order valence-electron chi connectivity index (χ4n) is 1.50. The van der Waals surface area contributed by atoms with Crippen LogP contribution in [0.25, 0.3) is 0 Å². The van der Waals surface area contributed by atoms with Gasteiger partial charge in [0.15, 0.2) is 0 Å². The van der Waals surface area contributed by atoms with E-state index in [-0.39, 0.29) is 0 Å². The van der Waals surface area contributed by atoms with Gasteiger partial charge in [0.05, 0.1) is 0 Å². The number of hydrogen-bond donors (Lipinski definition) is 1. The predicted octanol–water partition coefficient (Wildman–Crippen LogP) is 2.81. The molecular formula is C10H23N. The molecule has 1 N–H and O–H groups in total. The summed E-state index contributed by atoms with van der Waals surface area (Å²) in [4.78, 5) is 0. The molecule has 0 bridgehead atoms. The lowest BCUT2D eigenvalue weighted by atomic mass is 9.84. The van der Waals surface area contributed by atoms with Crippen LogP contribution in [0.15, 0.2) is 0 Å². The molecule has 0 aliphatic carbocycles. The van der Waals surface area contributed by atoms with E-state index >= 15 is 0 Å². The lowest BCUT2D eigenvalue weighted by molar-refractivity contribution is 0.245. The fourth-order valence-corrected chi connectivity index (χ4v) is 1.50. The van der Waals surface area contributed by atoms with E-state index in [0.717, 1.165) is 12.5 Å². The third-order valence-corrected chi connectivity index (χ3v) is 2.62. The maximum absolute atomic E-state index is 3.56. The molecule has 0 aromatic rings. The van der Waals surface area contributed by atoms with Crippen molar-refractivity contribution in [2.75, 3.05) is 6.54 Å². The lowest BCUT2D eigenvalue weighted by Gasteiger charge is -2.34. The van der Waals surface area contributed by atoms with Gasteiger partial charge < -0.3 is 5.32 Å². The first-order chi connectivity index (χ1) is 5.06. The van der Waals surface area contributed by atoms with Gasteiger partial charge in [0.25, 0.3) is 0 Å². The smallest absolute Gasteiger partial charge is 0.0176 e. The molecule has 0 unspecified atom stereocenters. The topological polar surface area (TPSA) is 12.0 Å². The summed E-state index contributed by atoms with van der Waals surface area (Å²) >= 11 is 0. The molecule has 0 radical (unpaired) electrons. The molecule has 68 valence electrons. The quantitative estimate of drug-likeness (QED) is 0.647. The molecule has 0 heterocycles. The van der Waals surface area contributed by atoms with Gasteiger partial charge in [-0.25, -0.2) is 0 Å². The molecule has 0 amide bonds. The number of nitrogens with one attached hydrogen (secondary N) is 1. The van der Waals surface area contributed by atoms with Crippen molar-refractivity contribution in [3.05, 3.63) is 0 Å². The van der Waals surface area contributed by atoms with E-state index in [4.69, 9.17) is 0 Å². The highest BCUT2D eigenvalue weighted by atomic mass is 15.0. The standard InChI is InChI=1S/C10H23N/c1-6-8-10(5,9(3)4)11-7-2/h9,11H,6-8H2,1-5H3/t10-/m0/s1. The second kappa shape index (κ2) is 4.76. The van der Waals surface area contributed by atoms with Crippen molar-refractivity contribution in [2.24, 2.45) is 5.92 Å². The monoisotopic (exact) mass is 157 g/mol. The third kappa shape index (κ3) is 3.24. The summed E-state index contributed by atoms with van der Waals surface area (Å²) in [7, 11) is 0. The zero-order valence-electron chi connectivity index (χ0n) is 8.70. The zero-order valence-corrected chi connectivity index (χ0v) is 8.70. The van der Waals surface area contributed by atoms with Crippen molar-refractivity contribution < 1.29 is 0 Å². The van der Waals surface area contributed by atoms with E-state index in [1.165, 1.54) is 12.8 Å². The first-order valence-electron chi connectivity index (χ1n) is 4.81. The first-order valence-corrected chi connectivity index (χ1v) is 4.81. The average molecular weight is 157 g/mol. The van der Waals surface area contributed by atoms with Crippen molar-refractivity contribution in [2.45, 2.75) is 53.0 Å². The Hall–Kier alpha value is -0.0400. The minimum absolute atomic E-state index is 0.351. The Kier molecular flexibility index (Phi) is 4.74. The van der Waals surface area contributed by atoms with Crippen LogP contribution >= 0.6 is 0 Å². The molecule has 0 aliphatic heterocycles. The molecule has 1 nitrogen and oxygen atoms in total. The zero-order chi connectivity index (χ0) is 8.91. The minimum Gasteiger partial charge on any atom is -0.312 e. The van der Waals surface area contributed by atoms with Crippen molar-refractivity contribution in [1.82, 2.24) is 5.32 Å². The average Bonchev–Trinajstić information content (AvgIpc) is 1.88. The summed E-state index contributed by atoms with van der Waals surface area (Å²) in [5, 5.41) is 3.56. The van der Waals surface area contributed by atoms with E-state index in [9.17, 15) is 0 Å². The molecule has 0 spiro atoms. The van der Waals surface area contributed by atoms with Crippen molar-refractivity contribution in [3.63, 3.8) is 0 Å². The van der Waals surface area contributed by atoms with E-state index in [1.807, 2.05) is 0 Å². The summed E-state index contributed by atoms with van der Waals surface area (Å²) in [6.07, 6.45) is 2.54. The Labute approximate surface area is 71.6 Å². The Morgan fingerprint density at radius 3 is 2.09 bits per heavy atom. The van der Waals surface area contributed by atoms with Gasteiger partial charge in [-0.3, -0.25) is 0 Å². The van der Waals surface area contributed by atoms with Crippen LogP contribution in [0, 0.1) is 5.92 Å². The van der Waals surface area contributed by atoms with Gasteiger partial charge in [0.1, 0.15) is 0 Å². The Morgan fingerprint density at radius 1 is 1.27 bits per heavy atom. The van der Waals surface area contributed by atoms with Gasteiger partial charge in [-0.1, -0.05) is 34.1 Å². The molecular weight excluding hydrogens is 134 g/mol. The van der Waals surface area contributed by atoms with Crippen LogP contribution in [-0.4, -0.2) is 12.1 Å². The third-order valence-electron chi connectivity index (χ3n) is 2.62. The molecule has 11 heavy (non-hydrogen) atoms. The molecule has 0 aromatic heterocycles. The fraction of sp³-hybridized carbons (Fsp3) is 1.00.